The number of benzene rings is 3. The number of alkyl halides is 1. The Balaban J connectivity index is 1.68. The lowest BCUT2D eigenvalue weighted by atomic mass is 10.0. The number of rotatable bonds is 1. The second kappa shape index (κ2) is 5.51. The Morgan fingerprint density at radius 3 is 2.30 bits per heavy atom. The van der Waals surface area contributed by atoms with Crippen LogP contribution in [0.5, 0.6) is 0 Å². The number of fused-ring (bicyclic) bond motifs is 6. The third-order valence-corrected chi connectivity index (χ3v) is 5.80. The van der Waals surface area contributed by atoms with Crippen LogP contribution in [-0.2, 0) is 6.42 Å². The molecule has 0 N–H and O–H groups in total. The average molecular weight is 370 g/mol. The third-order valence-electron chi connectivity index (χ3n) is 5.50. The van der Waals surface area contributed by atoms with Gasteiger partial charge in [0.05, 0.1) is 16.4 Å². The molecule has 0 saturated carbocycles. The number of nitrogens with zero attached hydrogens (tertiary/aromatic N) is 1. The predicted molar refractivity (Wildman–Crippen MR) is 113 cm³/mol. The summed E-state index contributed by atoms with van der Waals surface area (Å²) in [6, 6.07) is 23.6. The zero-order chi connectivity index (χ0) is 18.0. The van der Waals surface area contributed by atoms with Crippen molar-refractivity contribution in [3.05, 3.63) is 84.1 Å². The van der Waals surface area contributed by atoms with Crippen LogP contribution in [0.15, 0.2) is 77.2 Å². The maximum Gasteiger partial charge on any atom is 0.135 e. The van der Waals surface area contributed by atoms with Crippen LogP contribution in [0.1, 0.15) is 11.3 Å². The number of allylic oxidation sites excluding steroid dienone is 1. The standard InChI is InChI=1S/C24H16ClNO/c25-15-9-11-23-19(13-15)20-14-16(10-12-24(20)27-23)26-21-7-3-1-5-17(21)18-6-2-4-8-22(18)26/h1-12,14-15H,13H2. The first kappa shape index (κ1) is 15.1. The first-order valence-corrected chi connectivity index (χ1v) is 9.59. The van der Waals surface area contributed by atoms with Crippen molar-refractivity contribution in [2.45, 2.75) is 11.8 Å². The van der Waals surface area contributed by atoms with E-state index in [1.165, 1.54) is 27.4 Å². The lowest BCUT2D eigenvalue weighted by Gasteiger charge is -2.10. The first-order valence-electron chi connectivity index (χ1n) is 9.16. The van der Waals surface area contributed by atoms with Gasteiger partial charge in [-0.05, 0) is 42.8 Å². The monoisotopic (exact) mass is 369 g/mol. The molecule has 2 heterocycles. The van der Waals surface area contributed by atoms with Gasteiger partial charge >= 0.3 is 0 Å². The van der Waals surface area contributed by atoms with E-state index in [4.69, 9.17) is 16.0 Å². The van der Waals surface area contributed by atoms with Gasteiger partial charge in [0, 0.05) is 27.4 Å². The Kier molecular flexibility index (Phi) is 3.09. The van der Waals surface area contributed by atoms with Crippen LogP contribution in [0.3, 0.4) is 0 Å². The van der Waals surface area contributed by atoms with Crippen molar-refractivity contribution < 1.29 is 4.42 Å². The van der Waals surface area contributed by atoms with Gasteiger partial charge in [-0.15, -0.1) is 11.6 Å². The molecule has 1 atom stereocenters. The Hall–Kier alpha value is -2.97. The molecular weight excluding hydrogens is 354 g/mol. The quantitative estimate of drug-likeness (QED) is 0.300. The van der Waals surface area contributed by atoms with Crippen LogP contribution in [0.2, 0.25) is 0 Å². The number of hydrogen-bond acceptors (Lipinski definition) is 1. The van der Waals surface area contributed by atoms with Gasteiger partial charge in [-0.3, -0.25) is 0 Å². The number of hydrogen-bond donors (Lipinski definition) is 0. The Labute approximate surface area is 161 Å². The van der Waals surface area contributed by atoms with Crippen LogP contribution in [0.4, 0.5) is 0 Å². The van der Waals surface area contributed by atoms with E-state index in [-0.39, 0.29) is 5.38 Å². The normalized spacial score (nSPS) is 16.4. The summed E-state index contributed by atoms with van der Waals surface area (Å²) in [7, 11) is 0. The van der Waals surface area contributed by atoms with E-state index in [2.05, 4.69) is 71.3 Å². The van der Waals surface area contributed by atoms with E-state index in [9.17, 15) is 0 Å². The van der Waals surface area contributed by atoms with Crippen LogP contribution >= 0.6 is 11.6 Å². The molecule has 0 amide bonds. The van der Waals surface area contributed by atoms with E-state index in [1.807, 2.05) is 12.2 Å². The molecule has 6 rings (SSSR count). The number of para-hydroxylation sites is 2. The van der Waals surface area contributed by atoms with Crippen LogP contribution in [-0.4, -0.2) is 9.94 Å². The molecule has 27 heavy (non-hydrogen) atoms. The van der Waals surface area contributed by atoms with Crippen molar-refractivity contribution in [3.8, 4) is 5.69 Å². The average Bonchev–Trinajstić information content (AvgIpc) is 3.23. The fourth-order valence-corrected chi connectivity index (χ4v) is 4.52. The molecule has 1 unspecified atom stereocenters. The molecule has 0 radical (unpaired) electrons. The molecular formula is C24H16ClNO. The summed E-state index contributed by atoms with van der Waals surface area (Å²) < 4.78 is 8.37. The summed E-state index contributed by atoms with van der Waals surface area (Å²) in [5.74, 6) is 0.932. The predicted octanol–water partition coefficient (Wildman–Crippen LogP) is 6.71. The van der Waals surface area contributed by atoms with Crippen LogP contribution in [0, 0.1) is 0 Å². The smallest absolute Gasteiger partial charge is 0.135 e. The highest BCUT2D eigenvalue weighted by Crippen LogP contribution is 2.36. The molecule has 5 aromatic rings. The molecule has 2 aromatic heterocycles. The maximum atomic E-state index is 6.36. The van der Waals surface area contributed by atoms with Crippen molar-refractivity contribution in [1.29, 1.82) is 0 Å². The van der Waals surface area contributed by atoms with E-state index in [0.29, 0.717) is 0 Å². The topological polar surface area (TPSA) is 18.1 Å². The highest BCUT2D eigenvalue weighted by Gasteiger charge is 2.20. The van der Waals surface area contributed by atoms with Crippen molar-refractivity contribution in [1.82, 2.24) is 4.57 Å². The third kappa shape index (κ3) is 2.14. The fourth-order valence-electron chi connectivity index (χ4n) is 4.30. The molecule has 1 aliphatic rings. The summed E-state index contributed by atoms with van der Waals surface area (Å²) >= 11 is 6.36. The number of aromatic nitrogens is 1. The van der Waals surface area contributed by atoms with E-state index < -0.39 is 0 Å². The van der Waals surface area contributed by atoms with Crippen molar-refractivity contribution in [2.24, 2.45) is 0 Å². The highest BCUT2D eigenvalue weighted by molar-refractivity contribution is 6.22. The van der Waals surface area contributed by atoms with Crippen LogP contribution < -0.4 is 0 Å². The maximum absolute atomic E-state index is 6.36. The van der Waals surface area contributed by atoms with Crippen molar-refractivity contribution >= 4 is 50.5 Å². The van der Waals surface area contributed by atoms with Gasteiger partial charge in [-0.2, -0.15) is 0 Å². The van der Waals surface area contributed by atoms with Crippen LogP contribution in [0.25, 0.3) is 44.5 Å². The first-order chi connectivity index (χ1) is 13.3. The van der Waals surface area contributed by atoms with Crippen molar-refractivity contribution in [2.75, 3.05) is 0 Å². The van der Waals surface area contributed by atoms with E-state index >= 15 is 0 Å². The van der Waals surface area contributed by atoms with Crippen molar-refractivity contribution in [3.63, 3.8) is 0 Å². The zero-order valence-corrected chi connectivity index (χ0v) is 15.3. The van der Waals surface area contributed by atoms with Gasteiger partial charge in [0.25, 0.3) is 0 Å². The minimum absolute atomic E-state index is 0.0233. The minimum Gasteiger partial charge on any atom is -0.456 e. The van der Waals surface area contributed by atoms with Gasteiger partial charge in [0.2, 0.25) is 0 Å². The number of halogens is 1. The lowest BCUT2D eigenvalue weighted by molar-refractivity contribution is 0.595. The van der Waals surface area contributed by atoms with Gasteiger partial charge in [-0.25, -0.2) is 0 Å². The molecule has 2 nitrogen and oxygen atoms in total. The largest absolute Gasteiger partial charge is 0.456 e. The van der Waals surface area contributed by atoms with Gasteiger partial charge in [0.15, 0.2) is 0 Å². The second-order valence-electron chi connectivity index (χ2n) is 7.07. The second-order valence-corrected chi connectivity index (χ2v) is 7.63. The minimum atomic E-state index is 0.0233. The molecule has 0 fully saturated rings. The molecule has 3 heteroatoms. The highest BCUT2D eigenvalue weighted by atomic mass is 35.5. The zero-order valence-electron chi connectivity index (χ0n) is 14.5. The van der Waals surface area contributed by atoms with Gasteiger partial charge in [-0.1, -0.05) is 42.5 Å². The Bertz CT molecular complexity index is 1320. The summed E-state index contributed by atoms with van der Waals surface area (Å²) in [5, 5.41) is 3.71. The molecule has 3 aromatic carbocycles. The summed E-state index contributed by atoms with van der Waals surface area (Å²) in [6.45, 7) is 0. The Morgan fingerprint density at radius 2 is 1.56 bits per heavy atom. The van der Waals surface area contributed by atoms with E-state index in [1.54, 1.807) is 0 Å². The molecule has 0 spiro atoms. The molecule has 1 aliphatic carbocycles. The molecule has 0 saturated heterocycles. The SMILES string of the molecule is ClC1C=Cc2oc3ccc(-n4c5ccccc5c5ccccc54)cc3c2C1. The lowest BCUT2D eigenvalue weighted by Crippen LogP contribution is -2.04. The summed E-state index contributed by atoms with van der Waals surface area (Å²) in [5.41, 5.74) is 5.69. The fraction of sp³-hybridized carbons (Fsp3) is 0.0833. The molecule has 0 bridgehead atoms. The van der Waals surface area contributed by atoms with Gasteiger partial charge in [0.1, 0.15) is 11.3 Å². The summed E-state index contributed by atoms with van der Waals surface area (Å²) in [4.78, 5) is 0. The van der Waals surface area contributed by atoms with E-state index in [0.717, 1.165) is 28.8 Å². The molecule has 130 valence electrons. The Morgan fingerprint density at radius 1 is 0.852 bits per heavy atom. The molecule has 0 aliphatic heterocycles. The summed E-state index contributed by atoms with van der Waals surface area (Å²) in [6.07, 6.45) is 4.80. The number of furan rings is 1. The van der Waals surface area contributed by atoms with Gasteiger partial charge < -0.3 is 8.98 Å².